The highest BCUT2D eigenvalue weighted by Gasteiger charge is 2.40. The Morgan fingerprint density at radius 3 is 2.45 bits per heavy atom. The van der Waals surface area contributed by atoms with Crippen molar-refractivity contribution < 1.29 is 14.3 Å². The minimum Gasteiger partial charge on any atom is -0.375 e. The van der Waals surface area contributed by atoms with Gasteiger partial charge in [0, 0.05) is 19.6 Å². The van der Waals surface area contributed by atoms with Crippen molar-refractivity contribution in [1.82, 2.24) is 0 Å². The molecule has 11 heavy (non-hydrogen) atoms. The summed E-state index contributed by atoms with van der Waals surface area (Å²) < 4.78 is 10.4. The van der Waals surface area contributed by atoms with Crippen LogP contribution in [0, 0.1) is 0 Å². The number of rotatable bonds is 4. The molecule has 1 fully saturated rings. The molecule has 2 atom stereocenters. The Labute approximate surface area is 66.7 Å². The normalized spacial score (nSPS) is 30.2. The number of ketones is 1. The van der Waals surface area contributed by atoms with Gasteiger partial charge >= 0.3 is 0 Å². The molecule has 3 heteroatoms. The Balaban J connectivity index is 2.29. The second-order valence-corrected chi connectivity index (χ2v) is 2.54. The van der Waals surface area contributed by atoms with Crippen molar-refractivity contribution in [1.29, 1.82) is 0 Å². The Morgan fingerprint density at radius 1 is 1.36 bits per heavy atom. The molecule has 0 aromatic rings. The predicted octanol–water partition coefficient (Wildman–Crippen LogP) is 0.769. The number of carbonyl (C=O) groups excluding carboxylic acids is 1. The Hall–Kier alpha value is -0.410. The van der Waals surface area contributed by atoms with Crippen molar-refractivity contribution in [3.63, 3.8) is 0 Å². The molecule has 0 aromatic carbocycles. The quantitative estimate of drug-likeness (QED) is 0.606. The molecule has 1 rings (SSSR count). The fourth-order valence-electron chi connectivity index (χ4n) is 1.21. The summed E-state index contributed by atoms with van der Waals surface area (Å²) in [6.45, 7) is 5.04. The summed E-state index contributed by atoms with van der Waals surface area (Å²) in [5.74, 6) is 0.172. The number of Topliss-reactive ketones (excluding diaryl/α,β-unsaturated/α-hetero) is 1. The molecule has 1 aliphatic carbocycles. The highest BCUT2D eigenvalue weighted by molar-refractivity contribution is 5.90. The first-order valence-corrected chi connectivity index (χ1v) is 4.05. The zero-order chi connectivity index (χ0) is 8.27. The van der Waals surface area contributed by atoms with Gasteiger partial charge in [-0.2, -0.15) is 0 Å². The van der Waals surface area contributed by atoms with Gasteiger partial charge < -0.3 is 9.47 Å². The third kappa shape index (κ3) is 1.79. The van der Waals surface area contributed by atoms with Gasteiger partial charge in [0.05, 0.1) is 6.10 Å². The molecule has 0 bridgehead atoms. The van der Waals surface area contributed by atoms with Gasteiger partial charge in [-0.3, -0.25) is 4.79 Å². The maximum Gasteiger partial charge on any atom is 0.166 e. The van der Waals surface area contributed by atoms with E-state index in [4.69, 9.17) is 9.47 Å². The third-order valence-corrected chi connectivity index (χ3v) is 1.78. The highest BCUT2D eigenvalue weighted by atomic mass is 16.5. The molecule has 0 aliphatic heterocycles. The Kier molecular flexibility index (Phi) is 3.02. The van der Waals surface area contributed by atoms with Crippen LogP contribution in [0.5, 0.6) is 0 Å². The molecule has 0 spiro atoms. The van der Waals surface area contributed by atoms with Crippen molar-refractivity contribution in [2.24, 2.45) is 0 Å². The van der Waals surface area contributed by atoms with E-state index in [0.717, 1.165) is 0 Å². The van der Waals surface area contributed by atoms with E-state index in [1.165, 1.54) is 0 Å². The topological polar surface area (TPSA) is 35.5 Å². The molecule has 0 saturated heterocycles. The molecule has 1 saturated carbocycles. The number of hydrogen-bond donors (Lipinski definition) is 0. The molecule has 0 unspecified atom stereocenters. The summed E-state index contributed by atoms with van der Waals surface area (Å²) >= 11 is 0. The van der Waals surface area contributed by atoms with E-state index in [9.17, 15) is 4.79 Å². The maximum atomic E-state index is 10.9. The summed E-state index contributed by atoms with van der Waals surface area (Å²) in [6, 6.07) is 0. The van der Waals surface area contributed by atoms with Crippen LogP contribution >= 0.6 is 0 Å². The third-order valence-electron chi connectivity index (χ3n) is 1.78. The van der Waals surface area contributed by atoms with E-state index in [-0.39, 0.29) is 18.0 Å². The first-order valence-electron chi connectivity index (χ1n) is 4.05. The molecular formula is C8H14O3. The fourth-order valence-corrected chi connectivity index (χ4v) is 1.21. The van der Waals surface area contributed by atoms with Crippen molar-refractivity contribution in [2.45, 2.75) is 32.5 Å². The van der Waals surface area contributed by atoms with Crippen molar-refractivity contribution in [3.8, 4) is 0 Å². The molecule has 0 aromatic heterocycles. The molecule has 0 heterocycles. The number of carbonyl (C=O) groups is 1. The largest absolute Gasteiger partial charge is 0.375 e. The molecule has 0 N–H and O–H groups in total. The van der Waals surface area contributed by atoms with Crippen LogP contribution in [0.25, 0.3) is 0 Å². The average Bonchev–Trinajstić information content (AvgIpc) is 2.00. The SMILES string of the molecule is CCO[C@H]1CC(=O)[C@H]1OCC. The molecule has 1 aliphatic rings. The van der Waals surface area contributed by atoms with Crippen LogP contribution in [0.2, 0.25) is 0 Å². The zero-order valence-corrected chi connectivity index (χ0v) is 7.00. The van der Waals surface area contributed by atoms with Crippen LogP contribution in [-0.2, 0) is 14.3 Å². The lowest BCUT2D eigenvalue weighted by Gasteiger charge is -2.33. The van der Waals surface area contributed by atoms with E-state index < -0.39 is 0 Å². The Bertz CT molecular complexity index is 144. The van der Waals surface area contributed by atoms with Crippen molar-refractivity contribution in [2.75, 3.05) is 13.2 Å². The lowest BCUT2D eigenvalue weighted by molar-refractivity contribution is -0.164. The monoisotopic (exact) mass is 158 g/mol. The first kappa shape index (κ1) is 8.68. The summed E-state index contributed by atoms with van der Waals surface area (Å²) in [7, 11) is 0. The van der Waals surface area contributed by atoms with Crippen LogP contribution in [0.15, 0.2) is 0 Å². The second-order valence-electron chi connectivity index (χ2n) is 2.54. The van der Waals surface area contributed by atoms with Gasteiger partial charge in [-0.15, -0.1) is 0 Å². The van der Waals surface area contributed by atoms with E-state index in [1.54, 1.807) is 0 Å². The predicted molar refractivity (Wildman–Crippen MR) is 40.5 cm³/mol. The molecule has 0 radical (unpaired) electrons. The van der Waals surface area contributed by atoms with Gasteiger partial charge in [0.15, 0.2) is 5.78 Å². The molecule has 3 nitrogen and oxygen atoms in total. The number of hydrogen-bond acceptors (Lipinski definition) is 3. The first-order chi connectivity index (χ1) is 5.29. The van der Waals surface area contributed by atoms with Gasteiger partial charge in [0.25, 0.3) is 0 Å². The van der Waals surface area contributed by atoms with Crippen molar-refractivity contribution in [3.05, 3.63) is 0 Å². The molecule has 0 amide bonds. The van der Waals surface area contributed by atoms with E-state index >= 15 is 0 Å². The lowest BCUT2D eigenvalue weighted by atomic mass is 9.90. The standard InChI is InChI=1S/C8H14O3/c1-3-10-7-5-6(9)8(7)11-4-2/h7-8H,3-5H2,1-2H3/t7-,8+/m0/s1. The minimum atomic E-state index is -0.278. The summed E-state index contributed by atoms with van der Waals surface area (Å²) in [5, 5.41) is 0. The van der Waals surface area contributed by atoms with Gasteiger partial charge in [-0.25, -0.2) is 0 Å². The van der Waals surface area contributed by atoms with E-state index in [0.29, 0.717) is 19.6 Å². The lowest BCUT2D eigenvalue weighted by Crippen LogP contribution is -2.50. The summed E-state index contributed by atoms with van der Waals surface area (Å²) in [5.41, 5.74) is 0. The zero-order valence-electron chi connectivity index (χ0n) is 7.00. The fraction of sp³-hybridized carbons (Fsp3) is 0.875. The molecule has 64 valence electrons. The van der Waals surface area contributed by atoms with Gasteiger partial charge in [0.2, 0.25) is 0 Å². The van der Waals surface area contributed by atoms with Crippen LogP contribution in [0.4, 0.5) is 0 Å². The van der Waals surface area contributed by atoms with Crippen LogP contribution in [0.3, 0.4) is 0 Å². The smallest absolute Gasteiger partial charge is 0.166 e. The van der Waals surface area contributed by atoms with Gasteiger partial charge in [-0.05, 0) is 13.8 Å². The molecular weight excluding hydrogens is 144 g/mol. The summed E-state index contributed by atoms with van der Waals surface area (Å²) in [6.07, 6.45) is 0.269. The second kappa shape index (κ2) is 3.83. The van der Waals surface area contributed by atoms with Crippen molar-refractivity contribution >= 4 is 5.78 Å². The maximum absolute atomic E-state index is 10.9. The van der Waals surface area contributed by atoms with E-state index in [1.807, 2.05) is 13.8 Å². The summed E-state index contributed by atoms with van der Waals surface area (Å²) in [4.78, 5) is 10.9. The number of ether oxygens (including phenoxy) is 2. The average molecular weight is 158 g/mol. The van der Waals surface area contributed by atoms with E-state index in [2.05, 4.69) is 0 Å². The minimum absolute atomic E-state index is 0.0208. The Morgan fingerprint density at radius 2 is 2.00 bits per heavy atom. The van der Waals surface area contributed by atoms with Crippen LogP contribution in [-0.4, -0.2) is 31.2 Å². The van der Waals surface area contributed by atoms with Crippen LogP contribution in [0.1, 0.15) is 20.3 Å². The highest BCUT2D eigenvalue weighted by Crippen LogP contribution is 2.22. The van der Waals surface area contributed by atoms with Gasteiger partial charge in [-0.1, -0.05) is 0 Å². The van der Waals surface area contributed by atoms with Crippen LogP contribution < -0.4 is 0 Å². The van der Waals surface area contributed by atoms with Gasteiger partial charge in [0.1, 0.15) is 6.10 Å².